The third-order valence-electron chi connectivity index (χ3n) is 3.38. The summed E-state index contributed by atoms with van der Waals surface area (Å²) in [6, 6.07) is 7.87. The lowest BCUT2D eigenvalue weighted by Crippen LogP contribution is -2.33. The molecule has 1 aromatic heterocycles. The number of rotatable bonds is 3. The summed E-state index contributed by atoms with van der Waals surface area (Å²) in [6.45, 7) is 0.815. The molecule has 1 fully saturated rings. The predicted molar refractivity (Wildman–Crippen MR) is 68.8 cm³/mol. The second kappa shape index (κ2) is 4.33. The summed E-state index contributed by atoms with van der Waals surface area (Å²) in [4.78, 5) is 15.9. The molecule has 3 rings (SSSR count). The molecule has 1 atom stereocenters. The van der Waals surface area contributed by atoms with E-state index in [9.17, 15) is 9.90 Å². The van der Waals surface area contributed by atoms with Crippen molar-refractivity contribution in [2.45, 2.75) is 12.8 Å². The minimum Gasteiger partial charge on any atom is -0.481 e. The SMILES string of the molecule is O=C(O)C1(Cc2nc3ccccc3s2)CCOC1. The minimum absolute atomic E-state index is 0.290. The molecule has 18 heavy (non-hydrogen) atoms. The van der Waals surface area contributed by atoms with Gasteiger partial charge in [0.05, 0.1) is 27.2 Å². The summed E-state index contributed by atoms with van der Waals surface area (Å²) < 4.78 is 6.37. The number of hydrogen-bond donors (Lipinski definition) is 1. The van der Waals surface area contributed by atoms with E-state index in [2.05, 4.69) is 4.98 Å². The highest BCUT2D eigenvalue weighted by atomic mass is 32.1. The van der Waals surface area contributed by atoms with Crippen LogP contribution in [-0.2, 0) is 16.0 Å². The number of carboxylic acids is 1. The second-order valence-electron chi connectivity index (χ2n) is 4.64. The highest BCUT2D eigenvalue weighted by molar-refractivity contribution is 7.18. The highest BCUT2D eigenvalue weighted by Crippen LogP contribution is 2.35. The van der Waals surface area contributed by atoms with E-state index in [1.807, 2.05) is 24.3 Å². The summed E-state index contributed by atoms with van der Waals surface area (Å²) in [7, 11) is 0. The molecule has 2 aromatic rings. The van der Waals surface area contributed by atoms with E-state index in [0.29, 0.717) is 19.4 Å². The number of nitrogens with zero attached hydrogens (tertiary/aromatic N) is 1. The van der Waals surface area contributed by atoms with Gasteiger partial charge in [0, 0.05) is 13.0 Å². The molecule has 0 amide bonds. The summed E-state index contributed by atoms with van der Waals surface area (Å²) >= 11 is 1.57. The van der Waals surface area contributed by atoms with Gasteiger partial charge in [0.15, 0.2) is 0 Å². The maximum absolute atomic E-state index is 11.4. The monoisotopic (exact) mass is 263 g/mol. The zero-order valence-corrected chi connectivity index (χ0v) is 10.6. The number of thiazole rings is 1. The van der Waals surface area contributed by atoms with E-state index < -0.39 is 11.4 Å². The Morgan fingerprint density at radius 1 is 1.50 bits per heavy atom. The second-order valence-corrected chi connectivity index (χ2v) is 5.76. The molecule has 5 heteroatoms. The molecule has 2 heterocycles. The summed E-state index contributed by atoms with van der Waals surface area (Å²) in [6.07, 6.45) is 1.03. The van der Waals surface area contributed by atoms with Gasteiger partial charge in [-0.2, -0.15) is 0 Å². The van der Waals surface area contributed by atoms with Gasteiger partial charge in [0.25, 0.3) is 0 Å². The molecule has 1 unspecified atom stereocenters. The van der Waals surface area contributed by atoms with Crippen LogP contribution in [0.5, 0.6) is 0 Å². The lowest BCUT2D eigenvalue weighted by atomic mass is 9.84. The van der Waals surface area contributed by atoms with Crippen LogP contribution >= 0.6 is 11.3 Å². The number of hydrogen-bond acceptors (Lipinski definition) is 4. The molecule has 0 spiro atoms. The van der Waals surface area contributed by atoms with E-state index in [4.69, 9.17) is 4.74 Å². The Balaban J connectivity index is 1.93. The molecule has 1 aliphatic rings. The molecule has 0 radical (unpaired) electrons. The van der Waals surface area contributed by atoms with Crippen LogP contribution in [0.4, 0.5) is 0 Å². The van der Waals surface area contributed by atoms with Crippen LogP contribution in [0.15, 0.2) is 24.3 Å². The van der Waals surface area contributed by atoms with Crippen molar-refractivity contribution in [3.63, 3.8) is 0 Å². The van der Waals surface area contributed by atoms with E-state index in [-0.39, 0.29) is 6.61 Å². The molecule has 94 valence electrons. The Bertz CT molecular complexity index is 554. The number of benzene rings is 1. The van der Waals surface area contributed by atoms with E-state index >= 15 is 0 Å². The van der Waals surface area contributed by atoms with E-state index in [0.717, 1.165) is 15.2 Å². The molecule has 1 N–H and O–H groups in total. The number of carboxylic acid groups (broad SMARTS) is 1. The van der Waals surface area contributed by atoms with Gasteiger partial charge in [-0.05, 0) is 18.6 Å². The molecule has 1 aromatic carbocycles. The topological polar surface area (TPSA) is 59.4 Å². The number of fused-ring (bicyclic) bond motifs is 1. The number of aliphatic carboxylic acids is 1. The number of aromatic nitrogens is 1. The zero-order chi connectivity index (χ0) is 12.6. The molecule has 0 aliphatic carbocycles. The van der Waals surface area contributed by atoms with Crippen molar-refractivity contribution >= 4 is 27.5 Å². The lowest BCUT2D eigenvalue weighted by Gasteiger charge is -2.20. The van der Waals surface area contributed by atoms with Crippen LogP contribution in [0.1, 0.15) is 11.4 Å². The highest BCUT2D eigenvalue weighted by Gasteiger charge is 2.43. The maximum Gasteiger partial charge on any atom is 0.312 e. The molecule has 1 saturated heterocycles. The number of para-hydroxylation sites is 1. The van der Waals surface area contributed by atoms with Crippen LogP contribution in [0.3, 0.4) is 0 Å². The smallest absolute Gasteiger partial charge is 0.312 e. The Hall–Kier alpha value is -1.46. The van der Waals surface area contributed by atoms with E-state index in [1.54, 1.807) is 11.3 Å². The Labute approximate surface area is 108 Å². The molecule has 0 bridgehead atoms. The van der Waals surface area contributed by atoms with Gasteiger partial charge in [-0.25, -0.2) is 4.98 Å². The van der Waals surface area contributed by atoms with Gasteiger partial charge in [0.1, 0.15) is 0 Å². The van der Waals surface area contributed by atoms with Gasteiger partial charge in [0.2, 0.25) is 0 Å². The Kier molecular flexibility index (Phi) is 2.80. The van der Waals surface area contributed by atoms with Gasteiger partial charge in [-0.1, -0.05) is 12.1 Å². The molecule has 1 aliphatic heterocycles. The third kappa shape index (κ3) is 1.89. The van der Waals surface area contributed by atoms with Crippen molar-refractivity contribution in [1.82, 2.24) is 4.98 Å². The van der Waals surface area contributed by atoms with Crippen LogP contribution in [0.2, 0.25) is 0 Å². The fraction of sp³-hybridized carbons (Fsp3) is 0.385. The fourth-order valence-corrected chi connectivity index (χ4v) is 3.39. The van der Waals surface area contributed by atoms with Crippen LogP contribution in [0.25, 0.3) is 10.2 Å². The fourth-order valence-electron chi connectivity index (χ4n) is 2.28. The summed E-state index contributed by atoms with van der Waals surface area (Å²) in [5.74, 6) is -0.778. The molecular formula is C13H13NO3S. The first-order valence-corrected chi connectivity index (χ1v) is 6.67. The maximum atomic E-state index is 11.4. The van der Waals surface area contributed by atoms with Crippen molar-refractivity contribution in [3.8, 4) is 0 Å². The third-order valence-corrected chi connectivity index (χ3v) is 4.42. The van der Waals surface area contributed by atoms with Crippen LogP contribution in [0, 0.1) is 5.41 Å². The normalized spacial score (nSPS) is 23.6. The van der Waals surface area contributed by atoms with Gasteiger partial charge in [-0.3, -0.25) is 4.79 Å². The average Bonchev–Trinajstić information content (AvgIpc) is 2.95. The standard InChI is InChI=1S/C13H13NO3S/c15-12(16)13(5-6-17-8-13)7-11-14-9-3-1-2-4-10(9)18-11/h1-4H,5-8H2,(H,15,16). The van der Waals surface area contributed by atoms with Crippen molar-refractivity contribution < 1.29 is 14.6 Å². The summed E-state index contributed by atoms with van der Waals surface area (Å²) in [5, 5.41) is 10.3. The molecule has 4 nitrogen and oxygen atoms in total. The molecule has 0 saturated carbocycles. The van der Waals surface area contributed by atoms with Crippen LogP contribution in [-0.4, -0.2) is 29.3 Å². The quantitative estimate of drug-likeness (QED) is 0.923. The Morgan fingerprint density at radius 3 is 3.00 bits per heavy atom. The van der Waals surface area contributed by atoms with Gasteiger partial charge < -0.3 is 9.84 Å². The first-order valence-electron chi connectivity index (χ1n) is 5.85. The predicted octanol–water partition coefficient (Wildman–Crippen LogP) is 2.33. The lowest BCUT2D eigenvalue weighted by molar-refractivity contribution is -0.148. The van der Waals surface area contributed by atoms with Crippen LogP contribution < -0.4 is 0 Å². The van der Waals surface area contributed by atoms with Crippen molar-refractivity contribution in [2.24, 2.45) is 5.41 Å². The number of ether oxygens (including phenoxy) is 1. The number of carbonyl (C=O) groups is 1. The van der Waals surface area contributed by atoms with E-state index in [1.165, 1.54) is 0 Å². The first kappa shape index (κ1) is 11.6. The minimum atomic E-state index is -0.784. The summed E-state index contributed by atoms with van der Waals surface area (Å²) in [5.41, 5.74) is 0.158. The largest absolute Gasteiger partial charge is 0.481 e. The van der Waals surface area contributed by atoms with Gasteiger partial charge in [-0.15, -0.1) is 11.3 Å². The Morgan fingerprint density at radius 2 is 2.33 bits per heavy atom. The molecular weight excluding hydrogens is 250 g/mol. The van der Waals surface area contributed by atoms with Gasteiger partial charge >= 0.3 is 5.97 Å². The van der Waals surface area contributed by atoms with Crippen molar-refractivity contribution in [2.75, 3.05) is 13.2 Å². The average molecular weight is 263 g/mol. The first-order chi connectivity index (χ1) is 8.70. The zero-order valence-electron chi connectivity index (χ0n) is 9.76. The van der Waals surface area contributed by atoms with Crippen molar-refractivity contribution in [1.29, 1.82) is 0 Å². The van der Waals surface area contributed by atoms with Crippen molar-refractivity contribution in [3.05, 3.63) is 29.3 Å².